The molecule has 2 rings (SSSR count). The van der Waals surface area contributed by atoms with Gasteiger partial charge in [0.1, 0.15) is 17.7 Å². The van der Waals surface area contributed by atoms with Crippen LogP contribution >= 0.6 is 0 Å². The fourth-order valence-corrected chi connectivity index (χ4v) is 1.81. The summed E-state index contributed by atoms with van der Waals surface area (Å²) in [5.41, 5.74) is 6.66. The average molecular weight is 245 g/mol. The van der Waals surface area contributed by atoms with Gasteiger partial charge in [-0.3, -0.25) is 0 Å². The van der Waals surface area contributed by atoms with Crippen molar-refractivity contribution in [1.82, 2.24) is 0 Å². The van der Waals surface area contributed by atoms with Crippen LogP contribution in [0.4, 0.5) is 4.39 Å². The Kier molecular flexibility index (Phi) is 3.95. The first-order valence-corrected chi connectivity index (χ1v) is 5.89. The van der Waals surface area contributed by atoms with Crippen LogP contribution in [0.5, 0.6) is 5.75 Å². The summed E-state index contributed by atoms with van der Waals surface area (Å²) in [5, 5.41) is 0. The van der Waals surface area contributed by atoms with E-state index >= 15 is 0 Å². The van der Waals surface area contributed by atoms with E-state index in [9.17, 15) is 4.39 Å². The molecule has 18 heavy (non-hydrogen) atoms. The Morgan fingerprint density at radius 2 is 1.78 bits per heavy atom. The van der Waals surface area contributed by atoms with Crippen LogP contribution in [-0.2, 0) is 0 Å². The molecule has 0 heterocycles. The summed E-state index contributed by atoms with van der Waals surface area (Å²) in [4.78, 5) is 0. The summed E-state index contributed by atoms with van der Waals surface area (Å²) in [6, 6.07) is 15.5. The van der Waals surface area contributed by atoms with Gasteiger partial charge in [-0.05, 0) is 36.8 Å². The number of ether oxygens (including phenoxy) is 1. The third-order valence-corrected chi connectivity index (χ3v) is 2.66. The number of benzene rings is 2. The Balaban J connectivity index is 2.24. The van der Waals surface area contributed by atoms with Crippen molar-refractivity contribution >= 4 is 0 Å². The van der Waals surface area contributed by atoms with Crippen molar-refractivity contribution in [3.05, 3.63) is 66.0 Å². The van der Waals surface area contributed by atoms with E-state index in [0.29, 0.717) is 0 Å². The lowest BCUT2D eigenvalue weighted by molar-refractivity contribution is 0.180. The van der Waals surface area contributed by atoms with Gasteiger partial charge in [0.05, 0.1) is 0 Å². The third kappa shape index (κ3) is 3.08. The smallest absolute Gasteiger partial charge is 0.139 e. The Bertz CT molecular complexity index is 499. The molecule has 2 nitrogen and oxygen atoms in total. The molecule has 2 aromatic rings. The molecule has 94 valence electrons. The standard InChI is InChI=1S/C15H16FNO/c1-11(17)15(12-6-5-7-13(16)10-12)18-14-8-3-2-4-9-14/h2-11,15H,17H2,1H3. The molecule has 3 heteroatoms. The van der Waals surface area contributed by atoms with Crippen LogP contribution < -0.4 is 10.5 Å². The zero-order chi connectivity index (χ0) is 13.0. The minimum absolute atomic E-state index is 0.230. The Morgan fingerprint density at radius 1 is 1.06 bits per heavy atom. The van der Waals surface area contributed by atoms with Gasteiger partial charge in [0.15, 0.2) is 0 Å². The van der Waals surface area contributed by atoms with Gasteiger partial charge in [0.2, 0.25) is 0 Å². The van der Waals surface area contributed by atoms with Gasteiger partial charge < -0.3 is 10.5 Å². The van der Waals surface area contributed by atoms with Crippen molar-refractivity contribution in [2.45, 2.75) is 19.1 Å². The molecule has 0 fully saturated rings. The van der Waals surface area contributed by atoms with E-state index in [-0.39, 0.29) is 18.0 Å². The molecule has 0 amide bonds. The van der Waals surface area contributed by atoms with Crippen LogP contribution in [0.3, 0.4) is 0 Å². The lowest BCUT2D eigenvalue weighted by Crippen LogP contribution is -2.29. The molecule has 2 unspecified atom stereocenters. The summed E-state index contributed by atoms with van der Waals surface area (Å²) in [6.07, 6.45) is -0.358. The van der Waals surface area contributed by atoms with Crippen molar-refractivity contribution in [1.29, 1.82) is 0 Å². The number of para-hydroxylation sites is 1. The van der Waals surface area contributed by atoms with Crippen LogP contribution in [-0.4, -0.2) is 6.04 Å². The second kappa shape index (κ2) is 5.65. The third-order valence-electron chi connectivity index (χ3n) is 2.66. The van der Waals surface area contributed by atoms with Crippen LogP contribution in [0.2, 0.25) is 0 Å². The van der Waals surface area contributed by atoms with E-state index in [4.69, 9.17) is 10.5 Å². The highest BCUT2D eigenvalue weighted by atomic mass is 19.1. The minimum atomic E-state index is -0.358. The van der Waals surface area contributed by atoms with Crippen molar-refractivity contribution in [3.63, 3.8) is 0 Å². The molecule has 0 aliphatic rings. The molecule has 0 saturated heterocycles. The quantitative estimate of drug-likeness (QED) is 0.897. The molecule has 2 N–H and O–H groups in total. The molecule has 0 radical (unpaired) electrons. The molecule has 2 aromatic carbocycles. The Labute approximate surface area is 106 Å². The molecule has 0 saturated carbocycles. The van der Waals surface area contributed by atoms with Crippen LogP contribution in [0.15, 0.2) is 54.6 Å². The molecule has 0 bridgehead atoms. The monoisotopic (exact) mass is 245 g/mol. The van der Waals surface area contributed by atoms with Crippen LogP contribution in [0.1, 0.15) is 18.6 Å². The van der Waals surface area contributed by atoms with Crippen molar-refractivity contribution in [2.75, 3.05) is 0 Å². The van der Waals surface area contributed by atoms with Gasteiger partial charge >= 0.3 is 0 Å². The van der Waals surface area contributed by atoms with E-state index in [0.717, 1.165) is 11.3 Å². The van der Waals surface area contributed by atoms with Gasteiger partial charge in [-0.25, -0.2) is 4.39 Å². The SMILES string of the molecule is CC(N)C(Oc1ccccc1)c1cccc(F)c1. The zero-order valence-corrected chi connectivity index (χ0v) is 10.2. The van der Waals surface area contributed by atoms with Gasteiger partial charge in [-0.2, -0.15) is 0 Å². The first-order valence-electron chi connectivity index (χ1n) is 5.89. The predicted molar refractivity (Wildman–Crippen MR) is 69.9 cm³/mol. The fraction of sp³-hybridized carbons (Fsp3) is 0.200. The average Bonchev–Trinajstić information content (AvgIpc) is 2.37. The van der Waals surface area contributed by atoms with Crippen LogP contribution in [0.25, 0.3) is 0 Å². The highest BCUT2D eigenvalue weighted by Crippen LogP contribution is 2.24. The second-order valence-electron chi connectivity index (χ2n) is 4.27. The molecule has 0 aliphatic carbocycles. The second-order valence-corrected chi connectivity index (χ2v) is 4.27. The van der Waals surface area contributed by atoms with E-state index in [1.807, 2.05) is 43.3 Å². The first-order chi connectivity index (χ1) is 8.66. The fourth-order valence-electron chi connectivity index (χ4n) is 1.81. The molecular weight excluding hydrogens is 229 g/mol. The maximum absolute atomic E-state index is 13.2. The van der Waals surface area contributed by atoms with Gasteiger partial charge in [0.25, 0.3) is 0 Å². The lowest BCUT2D eigenvalue weighted by atomic mass is 10.0. The number of rotatable bonds is 4. The predicted octanol–water partition coefficient (Wildman–Crippen LogP) is 3.29. The van der Waals surface area contributed by atoms with E-state index in [2.05, 4.69) is 0 Å². The number of hydrogen-bond acceptors (Lipinski definition) is 2. The number of hydrogen-bond donors (Lipinski definition) is 1. The lowest BCUT2D eigenvalue weighted by Gasteiger charge is -2.23. The Hall–Kier alpha value is -1.87. The largest absolute Gasteiger partial charge is 0.484 e. The van der Waals surface area contributed by atoms with Crippen molar-refractivity contribution in [3.8, 4) is 5.75 Å². The number of halogens is 1. The molecule has 0 aromatic heterocycles. The summed E-state index contributed by atoms with van der Waals surface area (Å²) < 4.78 is 19.1. The summed E-state index contributed by atoms with van der Waals surface area (Å²) in [7, 11) is 0. The zero-order valence-electron chi connectivity index (χ0n) is 10.2. The van der Waals surface area contributed by atoms with Gasteiger partial charge in [0, 0.05) is 6.04 Å². The topological polar surface area (TPSA) is 35.2 Å². The van der Waals surface area contributed by atoms with E-state index < -0.39 is 0 Å². The summed E-state index contributed by atoms with van der Waals surface area (Å²) >= 11 is 0. The van der Waals surface area contributed by atoms with E-state index in [1.165, 1.54) is 12.1 Å². The first kappa shape index (κ1) is 12.6. The normalized spacial score (nSPS) is 13.9. The summed E-state index contributed by atoms with van der Waals surface area (Å²) in [5.74, 6) is 0.443. The molecular formula is C15H16FNO. The molecule has 2 atom stereocenters. The molecule has 0 spiro atoms. The summed E-state index contributed by atoms with van der Waals surface area (Å²) in [6.45, 7) is 1.85. The van der Waals surface area contributed by atoms with Gasteiger partial charge in [-0.1, -0.05) is 30.3 Å². The number of nitrogens with two attached hydrogens (primary N) is 1. The molecule has 0 aliphatic heterocycles. The minimum Gasteiger partial charge on any atom is -0.484 e. The van der Waals surface area contributed by atoms with Crippen LogP contribution in [0, 0.1) is 5.82 Å². The Morgan fingerprint density at radius 3 is 2.39 bits per heavy atom. The van der Waals surface area contributed by atoms with Gasteiger partial charge in [-0.15, -0.1) is 0 Å². The maximum atomic E-state index is 13.2. The highest BCUT2D eigenvalue weighted by molar-refractivity contribution is 5.25. The van der Waals surface area contributed by atoms with E-state index in [1.54, 1.807) is 6.07 Å². The maximum Gasteiger partial charge on any atom is 0.139 e. The van der Waals surface area contributed by atoms with Crippen molar-refractivity contribution < 1.29 is 9.13 Å². The van der Waals surface area contributed by atoms with Crippen molar-refractivity contribution in [2.24, 2.45) is 5.73 Å². The highest BCUT2D eigenvalue weighted by Gasteiger charge is 2.18.